The molecule has 14 heteroatoms. The van der Waals surface area contributed by atoms with Crippen LogP contribution in [0, 0.1) is 0 Å². The Morgan fingerprint density at radius 2 is 0.824 bits per heavy atom. The highest BCUT2D eigenvalue weighted by atomic mass is 16.5. The van der Waals surface area contributed by atoms with Crippen LogP contribution in [0.5, 0.6) is 11.5 Å². The minimum absolute atomic E-state index is 0.133. The quantitative estimate of drug-likeness (QED) is 0.119. The Bertz CT molecular complexity index is 3160. The molecule has 0 aliphatic carbocycles. The van der Waals surface area contributed by atoms with E-state index in [-0.39, 0.29) is 33.4 Å². The molecule has 8 aromatic rings. The summed E-state index contributed by atoms with van der Waals surface area (Å²) in [5, 5.41) is 5.76. The number of carbonyl (C=O) groups excluding carboxylic acids is 6. The van der Waals surface area contributed by atoms with Gasteiger partial charge in [0.15, 0.2) is 5.82 Å². The van der Waals surface area contributed by atoms with Crippen molar-refractivity contribution in [2.75, 3.05) is 34.7 Å². The second-order valence-electron chi connectivity index (χ2n) is 15.7. The van der Waals surface area contributed by atoms with Crippen molar-refractivity contribution in [2.45, 2.75) is 0 Å². The molecule has 0 spiro atoms. The first-order chi connectivity index (χ1) is 33.1. The van der Waals surface area contributed by atoms with Crippen molar-refractivity contribution >= 4 is 58.2 Å². The van der Waals surface area contributed by atoms with Gasteiger partial charge in [0.05, 0.1) is 59.2 Å². The number of benzene rings is 7. The average Bonchev–Trinajstić information content (AvgIpc) is 3.79. The number of hydrogen-bond acceptors (Lipinski definition) is 10. The highest BCUT2D eigenvalue weighted by molar-refractivity contribution is 6.35. The largest absolute Gasteiger partial charge is 0.497 e. The van der Waals surface area contributed by atoms with Crippen LogP contribution < -0.4 is 29.9 Å². The first-order valence-electron chi connectivity index (χ1n) is 21.2. The molecule has 2 aliphatic rings. The summed E-state index contributed by atoms with van der Waals surface area (Å²) < 4.78 is 10.4. The maximum absolute atomic E-state index is 13.5. The highest BCUT2D eigenvalue weighted by Crippen LogP contribution is 2.34. The van der Waals surface area contributed by atoms with Gasteiger partial charge in [-0.05, 0) is 115 Å². The number of nitrogens with zero attached hydrogens (tertiary/aromatic N) is 4. The van der Waals surface area contributed by atoms with Crippen molar-refractivity contribution < 1.29 is 38.2 Å². The zero-order valence-corrected chi connectivity index (χ0v) is 36.2. The second-order valence-corrected chi connectivity index (χ2v) is 15.7. The predicted molar refractivity (Wildman–Crippen MR) is 255 cm³/mol. The summed E-state index contributed by atoms with van der Waals surface area (Å²) in [6, 6.07) is 47.6. The lowest BCUT2D eigenvalue weighted by Crippen LogP contribution is -2.29. The van der Waals surface area contributed by atoms with Gasteiger partial charge in [0, 0.05) is 39.2 Å². The molecule has 3 heterocycles. The lowest BCUT2D eigenvalue weighted by molar-refractivity contribution is 0.0910. The van der Waals surface area contributed by atoms with Crippen LogP contribution in [-0.2, 0) is 0 Å². The Kier molecular flexibility index (Phi) is 10.9. The van der Waals surface area contributed by atoms with Crippen LogP contribution in [-0.4, -0.2) is 59.6 Å². The number of carbonyl (C=O) groups is 6. The molecule has 0 radical (unpaired) electrons. The lowest BCUT2D eigenvalue weighted by atomic mass is 10.0. The molecule has 0 bridgehead atoms. The summed E-state index contributed by atoms with van der Waals surface area (Å²) in [4.78, 5) is 92.1. The minimum atomic E-state index is -0.527. The van der Waals surface area contributed by atoms with Gasteiger partial charge in [0.2, 0.25) is 0 Å². The van der Waals surface area contributed by atoms with Crippen molar-refractivity contribution in [2.24, 2.45) is 0 Å². The van der Waals surface area contributed by atoms with Crippen LogP contribution in [0.1, 0.15) is 62.1 Å². The van der Waals surface area contributed by atoms with E-state index in [0.29, 0.717) is 51.5 Å². The molecule has 0 saturated heterocycles. The van der Waals surface area contributed by atoms with E-state index in [1.165, 1.54) is 50.6 Å². The number of aromatic nitrogens is 2. The average molecular weight is 897 g/mol. The van der Waals surface area contributed by atoms with Gasteiger partial charge >= 0.3 is 0 Å². The number of hydrogen-bond donors (Lipinski definition) is 2. The van der Waals surface area contributed by atoms with Crippen LogP contribution in [0.3, 0.4) is 0 Å². The molecule has 7 aromatic carbocycles. The molecule has 6 amide bonds. The Morgan fingerprint density at radius 3 is 1.22 bits per heavy atom. The van der Waals surface area contributed by atoms with E-state index in [9.17, 15) is 28.8 Å². The van der Waals surface area contributed by atoms with Gasteiger partial charge in [-0.2, -0.15) is 0 Å². The van der Waals surface area contributed by atoms with Gasteiger partial charge in [-0.25, -0.2) is 19.8 Å². The van der Waals surface area contributed by atoms with E-state index in [1.54, 1.807) is 72.8 Å². The number of anilines is 4. The smallest absolute Gasteiger partial charge is 0.266 e. The van der Waals surface area contributed by atoms with E-state index in [4.69, 9.17) is 19.4 Å². The van der Waals surface area contributed by atoms with E-state index < -0.39 is 35.4 Å². The maximum Gasteiger partial charge on any atom is 0.266 e. The fraction of sp³-hybridized carbons (Fsp3) is 0.0370. The monoisotopic (exact) mass is 896 g/mol. The Hall–Kier alpha value is -9.56. The molecule has 0 fully saturated rings. The standard InChI is InChI=1S/C54H36N6O8/c1-67-40-22-18-38(19-23-40)59-51(63)42-26-12-34(28-44(42)53(59)65)49(61)55-36-14-8-31(9-15-36)46-30-47(58-48(57-46)33-6-4-3-5-7-33)32-10-16-37(17-11-32)56-50(62)35-13-27-43-45(29-35)54(66)60(52(43)64)39-20-24-41(68-2)25-21-39/h3-30H,1-2H3,(H,55,61)(H,56,62). The van der Waals surface area contributed by atoms with Gasteiger partial charge in [0.1, 0.15) is 11.5 Å². The number of rotatable bonds is 11. The number of nitrogens with one attached hydrogen (secondary N) is 2. The van der Waals surface area contributed by atoms with Gasteiger partial charge in [-0.1, -0.05) is 54.6 Å². The van der Waals surface area contributed by atoms with Crippen molar-refractivity contribution in [3.63, 3.8) is 0 Å². The summed E-state index contributed by atoms with van der Waals surface area (Å²) in [5.74, 6) is -1.29. The molecule has 0 saturated carbocycles. The third-order valence-corrected chi connectivity index (χ3v) is 11.6. The number of methoxy groups -OCH3 is 2. The first kappa shape index (κ1) is 42.4. The molecule has 10 rings (SSSR count). The summed E-state index contributed by atoms with van der Waals surface area (Å²) in [5.41, 5.74) is 6.38. The van der Waals surface area contributed by atoms with E-state index in [1.807, 2.05) is 60.7 Å². The molecular weight excluding hydrogens is 861 g/mol. The first-order valence-corrected chi connectivity index (χ1v) is 21.2. The van der Waals surface area contributed by atoms with Gasteiger partial charge in [-0.15, -0.1) is 0 Å². The van der Waals surface area contributed by atoms with Crippen molar-refractivity contribution in [1.29, 1.82) is 0 Å². The van der Waals surface area contributed by atoms with Crippen LogP contribution in [0.2, 0.25) is 0 Å². The molecule has 330 valence electrons. The molecule has 14 nitrogen and oxygen atoms in total. The SMILES string of the molecule is COc1ccc(N2C(=O)c3ccc(C(=O)Nc4ccc(-c5cc(-c6ccc(NC(=O)c7ccc8c(c7)C(=O)N(c7ccc(OC)cc7)C8=O)cc6)nc(-c6ccccc6)n5)cc4)cc3C2=O)cc1. The fourth-order valence-corrected chi connectivity index (χ4v) is 8.01. The highest BCUT2D eigenvalue weighted by Gasteiger charge is 2.38. The number of fused-ring (bicyclic) bond motifs is 2. The number of ether oxygens (including phenoxy) is 2. The second kappa shape index (κ2) is 17.4. The number of imide groups is 2. The maximum atomic E-state index is 13.5. The molecule has 0 atom stereocenters. The number of amides is 6. The third-order valence-electron chi connectivity index (χ3n) is 11.6. The Morgan fingerprint density at radius 1 is 0.426 bits per heavy atom. The zero-order chi connectivity index (χ0) is 47.1. The Labute approximate surface area is 388 Å². The zero-order valence-electron chi connectivity index (χ0n) is 36.2. The van der Waals surface area contributed by atoms with Gasteiger partial charge in [0.25, 0.3) is 35.4 Å². The summed E-state index contributed by atoms with van der Waals surface area (Å²) in [7, 11) is 3.05. The predicted octanol–water partition coefficient (Wildman–Crippen LogP) is 9.60. The summed E-state index contributed by atoms with van der Waals surface area (Å²) in [6.45, 7) is 0. The third kappa shape index (κ3) is 7.87. The molecule has 1 aromatic heterocycles. The van der Waals surface area contributed by atoms with Crippen LogP contribution in [0.15, 0.2) is 170 Å². The van der Waals surface area contributed by atoms with Crippen LogP contribution in [0.4, 0.5) is 22.7 Å². The normalized spacial score (nSPS) is 12.7. The van der Waals surface area contributed by atoms with Crippen molar-refractivity contribution in [3.8, 4) is 45.4 Å². The summed E-state index contributed by atoms with van der Waals surface area (Å²) in [6.07, 6.45) is 0. The van der Waals surface area contributed by atoms with Crippen molar-refractivity contribution in [3.05, 3.63) is 203 Å². The van der Waals surface area contributed by atoms with E-state index in [2.05, 4.69) is 10.6 Å². The summed E-state index contributed by atoms with van der Waals surface area (Å²) >= 11 is 0. The fourth-order valence-electron chi connectivity index (χ4n) is 8.01. The molecule has 2 N–H and O–H groups in total. The van der Waals surface area contributed by atoms with E-state index in [0.717, 1.165) is 26.5 Å². The molecular formula is C54H36N6O8. The minimum Gasteiger partial charge on any atom is -0.497 e. The van der Waals surface area contributed by atoms with Gasteiger partial charge in [-0.3, -0.25) is 28.8 Å². The molecule has 0 unspecified atom stereocenters. The molecule has 68 heavy (non-hydrogen) atoms. The van der Waals surface area contributed by atoms with Crippen LogP contribution >= 0.6 is 0 Å². The van der Waals surface area contributed by atoms with Gasteiger partial charge < -0.3 is 20.1 Å². The lowest BCUT2D eigenvalue weighted by Gasteiger charge is -2.14. The van der Waals surface area contributed by atoms with E-state index >= 15 is 0 Å². The topological polar surface area (TPSA) is 177 Å². The molecule has 2 aliphatic heterocycles. The van der Waals surface area contributed by atoms with Crippen molar-refractivity contribution in [1.82, 2.24) is 9.97 Å². The van der Waals surface area contributed by atoms with Crippen LogP contribution in [0.25, 0.3) is 33.9 Å². The Balaban J connectivity index is 0.846.